The van der Waals surface area contributed by atoms with Crippen molar-refractivity contribution in [2.75, 3.05) is 26.3 Å². The number of rotatable bonds is 4. The third-order valence-corrected chi connectivity index (χ3v) is 3.88. The van der Waals surface area contributed by atoms with Crippen LogP contribution in [0, 0.1) is 0 Å². The standard InChI is InChI=1S/C16H20N2O4/c19-15-17(7-1-9-21-15)11-13-3-5-14(6-4-13)12-18-8-2-10-22-16(18)20/h3-6H,1-2,7-12H2. The first-order valence-electron chi connectivity index (χ1n) is 7.63. The van der Waals surface area contributed by atoms with Crippen LogP contribution in [-0.2, 0) is 22.6 Å². The van der Waals surface area contributed by atoms with Gasteiger partial charge in [0.15, 0.2) is 0 Å². The summed E-state index contributed by atoms with van der Waals surface area (Å²) in [5, 5.41) is 0. The molecule has 22 heavy (non-hydrogen) atoms. The number of cyclic esters (lactones) is 2. The lowest BCUT2D eigenvalue weighted by atomic mass is 10.1. The summed E-state index contributed by atoms with van der Waals surface area (Å²) in [5.41, 5.74) is 2.12. The zero-order valence-electron chi connectivity index (χ0n) is 12.5. The van der Waals surface area contributed by atoms with Crippen molar-refractivity contribution in [3.8, 4) is 0 Å². The minimum absolute atomic E-state index is 0.244. The van der Waals surface area contributed by atoms with E-state index >= 15 is 0 Å². The van der Waals surface area contributed by atoms with E-state index in [1.807, 2.05) is 24.3 Å². The number of ether oxygens (including phenoxy) is 2. The second-order valence-electron chi connectivity index (χ2n) is 5.60. The average molecular weight is 304 g/mol. The van der Waals surface area contributed by atoms with Crippen LogP contribution in [0.1, 0.15) is 24.0 Å². The Hall–Kier alpha value is -2.24. The number of hydrogen-bond donors (Lipinski definition) is 0. The van der Waals surface area contributed by atoms with E-state index in [4.69, 9.17) is 9.47 Å². The second-order valence-corrected chi connectivity index (χ2v) is 5.60. The largest absolute Gasteiger partial charge is 0.449 e. The molecule has 0 radical (unpaired) electrons. The molecule has 6 heteroatoms. The van der Waals surface area contributed by atoms with E-state index < -0.39 is 0 Å². The summed E-state index contributed by atoms with van der Waals surface area (Å²) in [6.45, 7) is 3.62. The van der Waals surface area contributed by atoms with Crippen LogP contribution in [0.25, 0.3) is 0 Å². The van der Waals surface area contributed by atoms with Crippen LogP contribution in [0.4, 0.5) is 9.59 Å². The fourth-order valence-electron chi connectivity index (χ4n) is 2.67. The van der Waals surface area contributed by atoms with Crippen molar-refractivity contribution in [2.24, 2.45) is 0 Å². The first-order valence-corrected chi connectivity index (χ1v) is 7.63. The van der Waals surface area contributed by atoms with E-state index in [1.165, 1.54) is 0 Å². The maximum Gasteiger partial charge on any atom is 0.410 e. The highest BCUT2D eigenvalue weighted by Gasteiger charge is 2.21. The molecule has 0 aromatic heterocycles. The van der Waals surface area contributed by atoms with Gasteiger partial charge in [0.1, 0.15) is 0 Å². The maximum absolute atomic E-state index is 11.6. The number of amides is 2. The molecule has 0 aliphatic carbocycles. The van der Waals surface area contributed by atoms with E-state index in [0.29, 0.717) is 26.3 Å². The predicted octanol–water partition coefficient (Wildman–Crippen LogP) is 2.37. The molecule has 1 aromatic rings. The van der Waals surface area contributed by atoms with Crippen LogP contribution in [0.2, 0.25) is 0 Å². The molecule has 2 heterocycles. The van der Waals surface area contributed by atoms with Gasteiger partial charge in [-0.25, -0.2) is 9.59 Å². The highest BCUT2D eigenvalue weighted by molar-refractivity contribution is 5.68. The van der Waals surface area contributed by atoms with Gasteiger partial charge >= 0.3 is 12.2 Å². The lowest BCUT2D eigenvalue weighted by Gasteiger charge is -2.27. The summed E-state index contributed by atoms with van der Waals surface area (Å²) in [4.78, 5) is 26.6. The molecule has 2 saturated heterocycles. The molecule has 1 aromatic carbocycles. The van der Waals surface area contributed by atoms with Gasteiger partial charge in [-0.15, -0.1) is 0 Å². The Morgan fingerprint density at radius 2 is 1.18 bits per heavy atom. The van der Waals surface area contributed by atoms with Gasteiger partial charge in [0, 0.05) is 26.2 Å². The van der Waals surface area contributed by atoms with Gasteiger partial charge in [-0.1, -0.05) is 24.3 Å². The Kier molecular flexibility index (Phi) is 4.46. The molecule has 2 aliphatic rings. The summed E-state index contributed by atoms with van der Waals surface area (Å²) in [5.74, 6) is 0. The monoisotopic (exact) mass is 304 g/mol. The van der Waals surface area contributed by atoms with Gasteiger partial charge in [0.25, 0.3) is 0 Å². The van der Waals surface area contributed by atoms with Gasteiger partial charge in [0.05, 0.1) is 13.2 Å². The molecule has 0 bridgehead atoms. The molecule has 0 spiro atoms. The van der Waals surface area contributed by atoms with Crippen LogP contribution in [0.15, 0.2) is 24.3 Å². The topological polar surface area (TPSA) is 59.1 Å². The molecule has 2 aliphatic heterocycles. The van der Waals surface area contributed by atoms with Crippen LogP contribution >= 0.6 is 0 Å². The fraction of sp³-hybridized carbons (Fsp3) is 0.500. The summed E-state index contributed by atoms with van der Waals surface area (Å²) < 4.78 is 10.1. The maximum atomic E-state index is 11.6. The van der Waals surface area contributed by atoms with Gasteiger partial charge in [-0.3, -0.25) is 0 Å². The van der Waals surface area contributed by atoms with E-state index in [2.05, 4.69) is 0 Å². The smallest absolute Gasteiger partial charge is 0.410 e. The fourth-order valence-corrected chi connectivity index (χ4v) is 2.67. The molecule has 3 rings (SSSR count). The zero-order valence-corrected chi connectivity index (χ0v) is 12.5. The van der Waals surface area contributed by atoms with E-state index in [0.717, 1.165) is 37.1 Å². The Morgan fingerprint density at radius 3 is 1.55 bits per heavy atom. The Labute approximate surface area is 129 Å². The lowest BCUT2D eigenvalue weighted by Crippen LogP contribution is -2.37. The Morgan fingerprint density at radius 1 is 0.773 bits per heavy atom. The summed E-state index contributed by atoms with van der Waals surface area (Å²) in [7, 11) is 0. The van der Waals surface area contributed by atoms with Gasteiger partial charge in [-0.2, -0.15) is 0 Å². The first kappa shape index (κ1) is 14.7. The number of hydrogen-bond acceptors (Lipinski definition) is 4. The Balaban J connectivity index is 1.57. The van der Waals surface area contributed by atoms with Crippen molar-refractivity contribution in [2.45, 2.75) is 25.9 Å². The number of carbonyl (C=O) groups excluding carboxylic acids is 2. The average Bonchev–Trinajstić information content (AvgIpc) is 2.54. The van der Waals surface area contributed by atoms with Crippen molar-refractivity contribution in [1.82, 2.24) is 9.80 Å². The molecule has 2 fully saturated rings. The number of benzene rings is 1. The van der Waals surface area contributed by atoms with E-state index in [9.17, 15) is 9.59 Å². The lowest BCUT2D eigenvalue weighted by molar-refractivity contribution is 0.0691. The van der Waals surface area contributed by atoms with Crippen LogP contribution < -0.4 is 0 Å². The van der Waals surface area contributed by atoms with Crippen LogP contribution in [0.5, 0.6) is 0 Å². The number of nitrogens with zero attached hydrogens (tertiary/aromatic N) is 2. The van der Waals surface area contributed by atoms with Crippen molar-refractivity contribution >= 4 is 12.2 Å². The molecule has 2 amide bonds. The van der Waals surface area contributed by atoms with Gasteiger partial charge in [0.2, 0.25) is 0 Å². The van der Waals surface area contributed by atoms with Gasteiger partial charge in [-0.05, 0) is 24.0 Å². The molecular weight excluding hydrogens is 284 g/mol. The molecule has 0 unspecified atom stereocenters. The molecule has 0 saturated carbocycles. The summed E-state index contributed by atoms with van der Waals surface area (Å²) >= 11 is 0. The second kappa shape index (κ2) is 6.68. The van der Waals surface area contributed by atoms with Gasteiger partial charge < -0.3 is 19.3 Å². The summed E-state index contributed by atoms with van der Waals surface area (Å²) in [6.07, 6.45) is 1.26. The van der Waals surface area contributed by atoms with Crippen molar-refractivity contribution in [3.63, 3.8) is 0 Å². The van der Waals surface area contributed by atoms with Crippen molar-refractivity contribution < 1.29 is 19.1 Å². The third-order valence-electron chi connectivity index (χ3n) is 3.88. The molecule has 0 atom stereocenters. The number of carbonyl (C=O) groups is 2. The molecule has 0 N–H and O–H groups in total. The minimum atomic E-state index is -0.244. The normalized spacial score (nSPS) is 18.9. The summed E-state index contributed by atoms with van der Waals surface area (Å²) in [6, 6.07) is 7.97. The van der Waals surface area contributed by atoms with Crippen molar-refractivity contribution in [3.05, 3.63) is 35.4 Å². The first-order chi connectivity index (χ1) is 10.7. The quantitative estimate of drug-likeness (QED) is 0.857. The molecule has 6 nitrogen and oxygen atoms in total. The molecule has 118 valence electrons. The van der Waals surface area contributed by atoms with Crippen LogP contribution in [0.3, 0.4) is 0 Å². The van der Waals surface area contributed by atoms with Crippen LogP contribution in [-0.4, -0.2) is 48.3 Å². The van der Waals surface area contributed by atoms with E-state index in [-0.39, 0.29) is 12.2 Å². The molecular formula is C16H20N2O4. The van der Waals surface area contributed by atoms with E-state index in [1.54, 1.807) is 9.80 Å². The van der Waals surface area contributed by atoms with Crippen molar-refractivity contribution in [1.29, 1.82) is 0 Å². The highest BCUT2D eigenvalue weighted by Crippen LogP contribution is 2.14. The Bertz CT molecular complexity index is 495. The highest BCUT2D eigenvalue weighted by atomic mass is 16.6. The predicted molar refractivity (Wildman–Crippen MR) is 79.2 cm³/mol. The SMILES string of the molecule is O=C1OCCCN1Cc1ccc(CN2CCCOC2=O)cc1. The zero-order chi connectivity index (χ0) is 15.4. The third kappa shape index (κ3) is 3.50. The minimum Gasteiger partial charge on any atom is -0.449 e.